The Bertz CT molecular complexity index is 962. The first-order valence-electron chi connectivity index (χ1n) is 11.9. The van der Waals surface area contributed by atoms with Gasteiger partial charge in [-0.25, -0.2) is 0 Å². The minimum Gasteiger partial charge on any atom is -0.483 e. The lowest BCUT2D eigenvalue weighted by Crippen LogP contribution is -2.54. The summed E-state index contributed by atoms with van der Waals surface area (Å²) in [6.45, 7) is 14.5. The van der Waals surface area contributed by atoms with Crippen molar-refractivity contribution in [1.29, 1.82) is 0 Å². The molecule has 34 heavy (non-hydrogen) atoms. The SMILES string of the molecule is CCC(C(=O)NC(C)(C)C)N(CCc1ccccc1)C(=O)COc1ccc(C(C)(C)C)cc1Br. The van der Waals surface area contributed by atoms with Gasteiger partial charge in [-0.1, -0.05) is 64.1 Å². The van der Waals surface area contributed by atoms with Crippen LogP contribution in [0.5, 0.6) is 5.75 Å². The molecule has 1 atom stereocenters. The van der Waals surface area contributed by atoms with Crippen LogP contribution in [-0.2, 0) is 21.4 Å². The van der Waals surface area contributed by atoms with Crippen molar-refractivity contribution >= 4 is 27.7 Å². The van der Waals surface area contributed by atoms with E-state index in [1.54, 1.807) is 4.90 Å². The third kappa shape index (κ3) is 8.46. The Morgan fingerprint density at radius 2 is 1.68 bits per heavy atom. The van der Waals surface area contributed by atoms with Crippen molar-refractivity contribution in [2.24, 2.45) is 0 Å². The van der Waals surface area contributed by atoms with Crippen LogP contribution in [0.4, 0.5) is 0 Å². The Balaban J connectivity index is 2.19. The summed E-state index contributed by atoms with van der Waals surface area (Å²) in [6.07, 6.45) is 1.18. The predicted molar refractivity (Wildman–Crippen MR) is 142 cm³/mol. The number of carbonyl (C=O) groups excluding carboxylic acids is 2. The zero-order valence-corrected chi connectivity index (χ0v) is 23.2. The van der Waals surface area contributed by atoms with Gasteiger partial charge >= 0.3 is 0 Å². The number of nitrogens with one attached hydrogen (secondary N) is 1. The topological polar surface area (TPSA) is 58.6 Å². The van der Waals surface area contributed by atoms with Crippen LogP contribution in [0.3, 0.4) is 0 Å². The highest BCUT2D eigenvalue weighted by Gasteiger charge is 2.30. The lowest BCUT2D eigenvalue weighted by molar-refractivity contribution is -0.142. The van der Waals surface area contributed by atoms with Gasteiger partial charge in [0.25, 0.3) is 5.91 Å². The van der Waals surface area contributed by atoms with Gasteiger partial charge in [0.15, 0.2) is 6.61 Å². The summed E-state index contributed by atoms with van der Waals surface area (Å²) >= 11 is 3.57. The van der Waals surface area contributed by atoms with Crippen LogP contribution >= 0.6 is 15.9 Å². The smallest absolute Gasteiger partial charge is 0.261 e. The molecule has 5 nitrogen and oxygen atoms in total. The summed E-state index contributed by atoms with van der Waals surface area (Å²) in [5.41, 5.74) is 1.93. The molecule has 1 N–H and O–H groups in total. The Kier molecular flexibility index (Phi) is 9.74. The minimum atomic E-state index is -0.564. The highest BCUT2D eigenvalue weighted by molar-refractivity contribution is 9.10. The van der Waals surface area contributed by atoms with Gasteiger partial charge in [-0.2, -0.15) is 0 Å². The number of hydrogen-bond donors (Lipinski definition) is 1. The number of amides is 2. The van der Waals surface area contributed by atoms with Gasteiger partial charge in [0.1, 0.15) is 11.8 Å². The Labute approximate surface area is 213 Å². The van der Waals surface area contributed by atoms with Crippen molar-refractivity contribution < 1.29 is 14.3 Å². The summed E-state index contributed by atoms with van der Waals surface area (Å²) in [5.74, 6) is 0.252. The monoisotopic (exact) mass is 530 g/mol. The molecule has 0 bridgehead atoms. The van der Waals surface area contributed by atoms with E-state index < -0.39 is 6.04 Å². The molecule has 0 radical (unpaired) electrons. The molecular weight excluding hydrogens is 492 g/mol. The summed E-state index contributed by atoms with van der Waals surface area (Å²) < 4.78 is 6.71. The first kappa shape index (κ1) is 27.9. The normalized spacial score (nSPS) is 12.7. The van der Waals surface area contributed by atoms with E-state index in [9.17, 15) is 9.59 Å². The number of ether oxygens (including phenoxy) is 1. The molecule has 0 aliphatic carbocycles. The molecule has 2 amide bonds. The highest BCUT2D eigenvalue weighted by atomic mass is 79.9. The Hall–Kier alpha value is -2.34. The van der Waals surface area contributed by atoms with E-state index in [-0.39, 0.29) is 29.4 Å². The van der Waals surface area contributed by atoms with E-state index in [0.29, 0.717) is 25.1 Å². The van der Waals surface area contributed by atoms with Crippen molar-refractivity contribution in [3.8, 4) is 5.75 Å². The van der Waals surface area contributed by atoms with Crippen LogP contribution in [0, 0.1) is 0 Å². The average molecular weight is 532 g/mol. The van der Waals surface area contributed by atoms with Crippen LogP contribution in [0.1, 0.15) is 66.0 Å². The maximum Gasteiger partial charge on any atom is 0.261 e. The fourth-order valence-electron chi connectivity index (χ4n) is 3.66. The van der Waals surface area contributed by atoms with Gasteiger partial charge in [-0.15, -0.1) is 0 Å². The van der Waals surface area contributed by atoms with E-state index in [2.05, 4.69) is 42.0 Å². The molecule has 0 aliphatic heterocycles. The van der Waals surface area contributed by atoms with Gasteiger partial charge in [-0.05, 0) is 78.2 Å². The van der Waals surface area contributed by atoms with Gasteiger partial charge < -0.3 is 15.0 Å². The quantitative estimate of drug-likeness (QED) is 0.439. The molecule has 2 rings (SSSR count). The molecule has 0 aromatic heterocycles. The number of halogens is 1. The van der Waals surface area contributed by atoms with Crippen molar-refractivity contribution in [2.45, 2.75) is 78.3 Å². The zero-order valence-electron chi connectivity index (χ0n) is 21.6. The molecule has 186 valence electrons. The zero-order chi connectivity index (χ0) is 25.5. The maximum atomic E-state index is 13.4. The fourth-order valence-corrected chi connectivity index (χ4v) is 4.15. The molecule has 0 saturated heterocycles. The molecule has 0 aliphatic rings. The molecule has 0 spiro atoms. The maximum absolute atomic E-state index is 13.4. The standard InChI is InChI=1S/C28H39BrN2O3/c1-8-23(26(33)30-28(5,6)7)31(17-16-20-12-10-9-11-13-20)25(32)19-34-24-15-14-21(18-22(24)29)27(2,3)4/h9-15,18,23H,8,16-17,19H2,1-7H3,(H,30,33). The van der Waals surface area contributed by atoms with Gasteiger partial charge in [0, 0.05) is 12.1 Å². The van der Waals surface area contributed by atoms with Crippen LogP contribution < -0.4 is 10.1 Å². The van der Waals surface area contributed by atoms with Crippen molar-refractivity contribution in [3.05, 3.63) is 64.1 Å². The first-order chi connectivity index (χ1) is 15.8. The van der Waals surface area contributed by atoms with Gasteiger partial charge in [-0.3, -0.25) is 9.59 Å². The average Bonchev–Trinajstić information content (AvgIpc) is 2.74. The number of nitrogens with zero attached hydrogens (tertiary/aromatic N) is 1. The van der Waals surface area contributed by atoms with Crippen LogP contribution in [0.25, 0.3) is 0 Å². The largest absolute Gasteiger partial charge is 0.483 e. The number of rotatable bonds is 9. The minimum absolute atomic E-state index is 0.0138. The van der Waals surface area contributed by atoms with Crippen LogP contribution in [0.15, 0.2) is 53.0 Å². The van der Waals surface area contributed by atoms with Crippen LogP contribution in [0.2, 0.25) is 0 Å². The molecule has 0 heterocycles. The second-order valence-electron chi connectivity index (χ2n) is 10.7. The van der Waals surface area contributed by atoms with E-state index in [4.69, 9.17) is 4.74 Å². The lowest BCUT2D eigenvalue weighted by Gasteiger charge is -2.33. The molecular formula is C28H39BrN2O3. The van der Waals surface area contributed by atoms with Gasteiger partial charge in [0.05, 0.1) is 4.47 Å². The molecule has 1 unspecified atom stereocenters. The first-order valence-corrected chi connectivity index (χ1v) is 12.7. The molecule has 0 saturated carbocycles. The number of hydrogen-bond acceptors (Lipinski definition) is 3. The third-order valence-electron chi connectivity index (χ3n) is 5.52. The van der Waals surface area contributed by atoms with Crippen LogP contribution in [-0.4, -0.2) is 41.4 Å². The van der Waals surface area contributed by atoms with Crippen molar-refractivity contribution in [2.75, 3.05) is 13.2 Å². The molecule has 2 aromatic rings. The van der Waals surface area contributed by atoms with E-state index in [1.807, 2.05) is 76.2 Å². The summed E-state index contributed by atoms with van der Waals surface area (Å²) in [4.78, 5) is 28.1. The molecule has 0 fully saturated rings. The van der Waals surface area contributed by atoms with E-state index in [1.165, 1.54) is 5.56 Å². The second-order valence-corrected chi connectivity index (χ2v) is 11.5. The van der Waals surface area contributed by atoms with Gasteiger partial charge in [0.2, 0.25) is 5.91 Å². The number of benzene rings is 2. The third-order valence-corrected chi connectivity index (χ3v) is 6.14. The molecule has 6 heteroatoms. The van der Waals surface area contributed by atoms with Crippen molar-refractivity contribution in [1.82, 2.24) is 10.2 Å². The van der Waals surface area contributed by atoms with E-state index in [0.717, 1.165) is 10.0 Å². The Morgan fingerprint density at radius 1 is 1.03 bits per heavy atom. The summed E-state index contributed by atoms with van der Waals surface area (Å²) in [7, 11) is 0. The number of carbonyl (C=O) groups is 2. The highest BCUT2D eigenvalue weighted by Crippen LogP contribution is 2.31. The Morgan fingerprint density at radius 3 is 2.21 bits per heavy atom. The summed E-state index contributed by atoms with van der Waals surface area (Å²) in [5, 5.41) is 3.03. The predicted octanol–water partition coefficient (Wildman–Crippen LogP) is 5.89. The fraction of sp³-hybridized carbons (Fsp3) is 0.500. The van der Waals surface area contributed by atoms with Crippen molar-refractivity contribution in [3.63, 3.8) is 0 Å². The van der Waals surface area contributed by atoms with E-state index >= 15 is 0 Å². The second kappa shape index (κ2) is 11.9. The molecule has 2 aromatic carbocycles. The lowest BCUT2D eigenvalue weighted by atomic mass is 9.87. The summed E-state index contributed by atoms with van der Waals surface area (Å²) in [6, 6.07) is 15.4.